The van der Waals surface area contributed by atoms with E-state index >= 15 is 0 Å². The molecule has 1 aromatic carbocycles. The topological polar surface area (TPSA) is 67.3 Å². The van der Waals surface area contributed by atoms with Crippen molar-refractivity contribution in [3.8, 4) is 5.75 Å². The summed E-state index contributed by atoms with van der Waals surface area (Å²) in [5, 5.41) is 13.7. The van der Waals surface area contributed by atoms with E-state index in [0.29, 0.717) is 6.54 Å². The third kappa shape index (κ3) is 4.46. The lowest BCUT2D eigenvalue weighted by Crippen LogP contribution is -2.13. The fourth-order valence-corrected chi connectivity index (χ4v) is 2.83. The van der Waals surface area contributed by atoms with Crippen LogP contribution in [0.15, 0.2) is 53.3 Å². The highest BCUT2D eigenvalue weighted by Crippen LogP contribution is 2.24. The molecule has 0 aliphatic carbocycles. The van der Waals surface area contributed by atoms with Gasteiger partial charge in [0, 0.05) is 23.4 Å². The molecule has 2 N–H and O–H groups in total. The van der Waals surface area contributed by atoms with Crippen molar-refractivity contribution in [2.24, 2.45) is 0 Å². The van der Waals surface area contributed by atoms with E-state index in [1.54, 1.807) is 12.4 Å². The molecule has 3 aromatic rings. The number of nitrogens with zero attached hydrogens (tertiary/aromatic N) is 2. The van der Waals surface area contributed by atoms with Crippen LogP contribution in [0.3, 0.4) is 0 Å². The first-order valence-corrected chi connectivity index (χ1v) is 8.91. The number of aliphatic hydroxyl groups excluding tert-OH is 1. The van der Waals surface area contributed by atoms with Crippen LogP contribution in [0, 0.1) is 0 Å². The van der Waals surface area contributed by atoms with E-state index in [-0.39, 0.29) is 6.10 Å². The van der Waals surface area contributed by atoms with E-state index in [1.165, 1.54) is 0 Å². The van der Waals surface area contributed by atoms with Crippen LogP contribution in [0.5, 0.6) is 5.75 Å². The first kappa shape index (κ1) is 17.6. The molecule has 0 aliphatic rings. The number of aliphatic hydroxyl groups is 1. The maximum absolute atomic E-state index is 10.4. The molecular weight excluding hydrogens is 382 g/mol. The molecule has 2 heterocycles. The van der Waals surface area contributed by atoms with E-state index in [1.807, 2.05) is 50.2 Å². The molecular formula is C19H20BrN3O2. The summed E-state index contributed by atoms with van der Waals surface area (Å²) in [6.07, 6.45) is 2.96. The maximum atomic E-state index is 10.4. The van der Waals surface area contributed by atoms with Gasteiger partial charge >= 0.3 is 0 Å². The molecule has 6 heteroatoms. The van der Waals surface area contributed by atoms with E-state index in [2.05, 4.69) is 31.2 Å². The molecule has 3 rings (SSSR count). The number of nitrogens with one attached hydrogen (secondary N) is 1. The van der Waals surface area contributed by atoms with Gasteiger partial charge in [-0.15, -0.1) is 0 Å². The summed E-state index contributed by atoms with van der Waals surface area (Å²) in [7, 11) is 0. The van der Waals surface area contributed by atoms with Crippen LogP contribution < -0.4 is 10.1 Å². The van der Waals surface area contributed by atoms with Crippen LogP contribution in [-0.2, 0) is 0 Å². The van der Waals surface area contributed by atoms with Crippen molar-refractivity contribution in [2.75, 3.05) is 11.9 Å². The van der Waals surface area contributed by atoms with Crippen molar-refractivity contribution < 1.29 is 9.84 Å². The number of pyridine rings is 2. The lowest BCUT2D eigenvalue weighted by molar-refractivity contribution is 0.191. The zero-order valence-electron chi connectivity index (χ0n) is 14.1. The Labute approximate surface area is 155 Å². The molecule has 0 bridgehead atoms. The number of hydrogen-bond acceptors (Lipinski definition) is 5. The van der Waals surface area contributed by atoms with Gasteiger partial charge in [0.15, 0.2) is 0 Å². The Morgan fingerprint density at radius 1 is 1.16 bits per heavy atom. The average molecular weight is 402 g/mol. The number of rotatable bonds is 6. The van der Waals surface area contributed by atoms with Crippen molar-refractivity contribution in [3.05, 3.63) is 58.8 Å². The number of ether oxygens (including phenoxy) is 1. The Morgan fingerprint density at radius 3 is 2.64 bits per heavy atom. The molecule has 1 atom stereocenters. The first-order chi connectivity index (χ1) is 12.0. The number of hydrogen-bond donors (Lipinski definition) is 2. The Morgan fingerprint density at radius 2 is 1.92 bits per heavy atom. The van der Waals surface area contributed by atoms with E-state index in [0.717, 1.165) is 32.5 Å². The van der Waals surface area contributed by atoms with E-state index < -0.39 is 6.10 Å². The average Bonchev–Trinajstić information content (AvgIpc) is 2.59. The summed E-state index contributed by atoms with van der Waals surface area (Å²) < 4.78 is 6.50. The zero-order valence-corrected chi connectivity index (χ0v) is 15.7. The molecule has 0 radical (unpaired) electrons. The highest BCUT2D eigenvalue weighted by Gasteiger charge is 2.10. The minimum Gasteiger partial charge on any atom is -0.491 e. The second-order valence-electron chi connectivity index (χ2n) is 6.01. The lowest BCUT2D eigenvalue weighted by Gasteiger charge is -2.15. The predicted octanol–water partition coefficient (Wildman–Crippen LogP) is 4.33. The van der Waals surface area contributed by atoms with Crippen molar-refractivity contribution in [1.82, 2.24) is 9.97 Å². The van der Waals surface area contributed by atoms with Gasteiger partial charge in [-0.3, -0.25) is 9.97 Å². The van der Waals surface area contributed by atoms with Gasteiger partial charge in [0.2, 0.25) is 0 Å². The number of aromatic nitrogens is 2. The summed E-state index contributed by atoms with van der Waals surface area (Å²) in [6, 6.07) is 11.3. The standard InChI is InChI=1S/C19H20BrN3O2/c1-12(2)25-15-5-3-13(4-6-15)18(24)11-22-16-7-8-21-17-9-14(20)10-23-19(16)17/h3-10,12,18,24H,11H2,1-2H3,(H,21,22). The minimum absolute atomic E-state index is 0.130. The largest absolute Gasteiger partial charge is 0.491 e. The van der Waals surface area contributed by atoms with Crippen LogP contribution in [0.25, 0.3) is 11.0 Å². The zero-order chi connectivity index (χ0) is 17.8. The van der Waals surface area contributed by atoms with E-state index in [9.17, 15) is 5.11 Å². The Balaban J connectivity index is 1.69. The highest BCUT2D eigenvalue weighted by atomic mass is 79.9. The smallest absolute Gasteiger partial charge is 0.119 e. The third-order valence-electron chi connectivity index (χ3n) is 3.67. The Hall–Kier alpha value is -2.18. The van der Waals surface area contributed by atoms with Gasteiger partial charge < -0.3 is 15.2 Å². The molecule has 0 fully saturated rings. The van der Waals surface area contributed by atoms with Crippen molar-refractivity contribution >= 4 is 32.7 Å². The summed E-state index contributed by atoms with van der Waals surface area (Å²) in [5.41, 5.74) is 3.25. The number of benzene rings is 1. The van der Waals surface area contributed by atoms with Gasteiger partial charge in [-0.05, 0) is 59.6 Å². The van der Waals surface area contributed by atoms with Crippen molar-refractivity contribution in [3.63, 3.8) is 0 Å². The van der Waals surface area contributed by atoms with Crippen LogP contribution in [0.2, 0.25) is 0 Å². The van der Waals surface area contributed by atoms with Gasteiger partial charge in [0.1, 0.15) is 11.3 Å². The van der Waals surface area contributed by atoms with Gasteiger partial charge in [0.25, 0.3) is 0 Å². The molecule has 0 saturated heterocycles. The second-order valence-corrected chi connectivity index (χ2v) is 6.93. The Bertz CT molecular complexity index is 853. The fourth-order valence-electron chi connectivity index (χ4n) is 2.51. The lowest BCUT2D eigenvalue weighted by atomic mass is 10.1. The minimum atomic E-state index is -0.633. The van der Waals surface area contributed by atoms with Gasteiger partial charge in [0.05, 0.1) is 23.4 Å². The third-order valence-corrected chi connectivity index (χ3v) is 4.10. The van der Waals surface area contributed by atoms with Crippen LogP contribution in [0.1, 0.15) is 25.5 Å². The number of fused-ring (bicyclic) bond motifs is 1. The van der Waals surface area contributed by atoms with E-state index in [4.69, 9.17) is 4.74 Å². The molecule has 25 heavy (non-hydrogen) atoms. The molecule has 0 spiro atoms. The molecule has 0 amide bonds. The molecule has 5 nitrogen and oxygen atoms in total. The second kappa shape index (κ2) is 7.80. The number of halogens is 1. The SMILES string of the molecule is CC(C)Oc1ccc(C(O)CNc2ccnc3cc(Br)cnc23)cc1. The van der Waals surface area contributed by atoms with Crippen LogP contribution in [0.4, 0.5) is 5.69 Å². The van der Waals surface area contributed by atoms with Gasteiger partial charge in [-0.2, -0.15) is 0 Å². The molecule has 130 valence electrons. The molecule has 1 unspecified atom stereocenters. The first-order valence-electron chi connectivity index (χ1n) is 8.12. The Kier molecular flexibility index (Phi) is 5.50. The molecule has 2 aromatic heterocycles. The van der Waals surface area contributed by atoms with Gasteiger partial charge in [-0.25, -0.2) is 0 Å². The van der Waals surface area contributed by atoms with Crippen LogP contribution in [-0.4, -0.2) is 27.7 Å². The summed E-state index contributed by atoms with van der Waals surface area (Å²) in [4.78, 5) is 8.71. The summed E-state index contributed by atoms with van der Waals surface area (Å²) >= 11 is 3.40. The monoisotopic (exact) mass is 401 g/mol. The maximum Gasteiger partial charge on any atom is 0.119 e. The normalized spacial score (nSPS) is 12.4. The van der Waals surface area contributed by atoms with Crippen molar-refractivity contribution in [2.45, 2.75) is 26.1 Å². The summed E-state index contributed by atoms with van der Waals surface area (Å²) in [5.74, 6) is 0.800. The number of anilines is 1. The fraction of sp³-hybridized carbons (Fsp3) is 0.263. The summed E-state index contributed by atoms with van der Waals surface area (Å²) in [6.45, 7) is 4.35. The molecule has 0 saturated carbocycles. The predicted molar refractivity (Wildman–Crippen MR) is 103 cm³/mol. The molecule has 0 aliphatic heterocycles. The van der Waals surface area contributed by atoms with Crippen molar-refractivity contribution in [1.29, 1.82) is 0 Å². The van der Waals surface area contributed by atoms with Gasteiger partial charge in [-0.1, -0.05) is 12.1 Å². The highest BCUT2D eigenvalue weighted by molar-refractivity contribution is 9.10. The van der Waals surface area contributed by atoms with Crippen LogP contribution >= 0.6 is 15.9 Å². The quantitative estimate of drug-likeness (QED) is 0.643.